The normalized spacial score (nSPS) is 15.7. The minimum absolute atomic E-state index is 0.0795. The summed E-state index contributed by atoms with van der Waals surface area (Å²) in [5.41, 5.74) is 1.79. The molecule has 2 aromatic carbocycles. The molecule has 5 nitrogen and oxygen atoms in total. The highest BCUT2D eigenvalue weighted by molar-refractivity contribution is 6.30. The van der Waals surface area contributed by atoms with E-state index in [9.17, 15) is 9.18 Å². The number of nitrogens with zero attached hydrogens (tertiary/aromatic N) is 1. The fourth-order valence-electron chi connectivity index (χ4n) is 3.54. The lowest BCUT2D eigenvalue weighted by Gasteiger charge is -2.34. The van der Waals surface area contributed by atoms with E-state index >= 15 is 0 Å². The molecule has 0 aliphatic carbocycles. The highest BCUT2D eigenvalue weighted by Crippen LogP contribution is 2.25. The van der Waals surface area contributed by atoms with Crippen molar-refractivity contribution in [3.05, 3.63) is 82.8 Å². The Morgan fingerprint density at radius 2 is 1.73 bits per heavy atom. The number of amides is 1. The molecule has 1 N–H and O–H groups in total. The lowest BCUT2D eigenvalue weighted by atomic mass is 10.0. The van der Waals surface area contributed by atoms with Gasteiger partial charge < -0.3 is 14.5 Å². The predicted octanol–water partition coefficient (Wildman–Crippen LogP) is 4.54. The first kappa shape index (κ1) is 20.6. The Bertz CT molecular complexity index is 982. The second-order valence-electron chi connectivity index (χ2n) is 7.10. The SMILES string of the molecule is O=C(NCC(c1ccc(F)cc1)N1CCOCC1)c1ccc(-c2ccc(Cl)cc2)o1. The molecule has 1 unspecified atom stereocenters. The van der Waals surface area contributed by atoms with Crippen LogP contribution in [0, 0.1) is 5.82 Å². The van der Waals surface area contributed by atoms with E-state index in [4.69, 9.17) is 20.8 Å². The van der Waals surface area contributed by atoms with Crippen molar-refractivity contribution < 1.29 is 18.3 Å². The number of furan rings is 1. The fraction of sp³-hybridized carbons (Fsp3) is 0.261. The van der Waals surface area contributed by atoms with Crippen LogP contribution in [0.5, 0.6) is 0 Å². The van der Waals surface area contributed by atoms with Crippen molar-refractivity contribution in [2.24, 2.45) is 0 Å². The monoisotopic (exact) mass is 428 g/mol. The molecule has 0 bridgehead atoms. The van der Waals surface area contributed by atoms with Crippen LogP contribution in [-0.2, 0) is 4.74 Å². The molecule has 0 spiro atoms. The van der Waals surface area contributed by atoms with Gasteiger partial charge in [-0.3, -0.25) is 9.69 Å². The van der Waals surface area contributed by atoms with Gasteiger partial charge in [0.25, 0.3) is 5.91 Å². The van der Waals surface area contributed by atoms with Crippen molar-refractivity contribution >= 4 is 17.5 Å². The molecule has 30 heavy (non-hydrogen) atoms. The average Bonchev–Trinajstić information content (AvgIpc) is 3.27. The van der Waals surface area contributed by atoms with Gasteiger partial charge in [0.05, 0.1) is 19.3 Å². The first-order valence-electron chi connectivity index (χ1n) is 9.81. The third kappa shape index (κ3) is 4.90. The summed E-state index contributed by atoms with van der Waals surface area (Å²) in [7, 11) is 0. The van der Waals surface area contributed by atoms with Gasteiger partial charge in [0.1, 0.15) is 11.6 Å². The third-order valence-electron chi connectivity index (χ3n) is 5.16. The van der Waals surface area contributed by atoms with Crippen molar-refractivity contribution in [3.8, 4) is 11.3 Å². The van der Waals surface area contributed by atoms with Crippen LogP contribution in [0.1, 0.15) is 22.2 Å². The maximum absolute atomic E-state index is 13.4. The second kappa shape index (κ2) is 9.43. The van der Waals surface area contributed by atoms with Crippen LogP contribution in [0.15, 0.2) is 65.1 Å². The Morgan fingerprint density at radius 3 is 2.43 bits per heavy atom. The largest absolute Gasteiger partial charge is 0.451 e. The molecule has 4 rings (SSSR count). The van der Waals surface area contributed by atoms with Crippen molar-refractivity contribution in [1.82, 2.24) is 10.2 Å². The quantitative estimate of drug-likeness (QED) is 0.626. The number of hydrogen-bond acceptors (Lipinski definition) is 4. The highest BCUT2D eigenvalue weighted by Gasteiger charge is 2.24. The van der Waals surface area contributed by atoms with Crippen molar-refractivity contribution in [3.63, 3.8) is 0 Å². The molecule has 1 atom stereocenters. The smallest absolute Gasteiger partial charge is 0.287 e. The average molecular weight is 429 g/mol. The minimum Gasteiger partial charge on any atom is -0.451 e. The molecule has 0 saturated carbocycles. The Morgan fingerprint density at radius 1 is 1.03 bits per heavy atom. The summed E-state index contributed by atoms with van der Waals surface area (Å²) in [6.45, 7) is 3.14. The molecule has 1 saturated heterocycles. The number of halogens is 2. The molecule has 2 heterocycles. The number of carbonyl (C=O) groups excluding carboxylic acids is 1. The summed E-state index contributed by atoms with van der Waals surface area (Å²) in [4.78, 5) is 14.9. The molecule has 1 fully saturated rings. The van der Waals surface area contributed by atoms with Crippen LogP contribution in [0.4, 0.5) is 4.39 Å². The van der Waals surface area contributed by atoms with Gasteiger partial charge in [-0.15, -0.1) is 0 Å². The van der Waals surface area contributed by atoms with Gasteiger partial charge >= 0.3 is 0 Å². The standard InChI is InChI=1S/C23H22ClFN2O3/c24-18-5-1-17(2-6-18)21-9-10-22(30-21)23(28)26-15-20(27-11-13-29-14-12-27)16-3-7-19(25)8-4-16/h1-10,20H,11-15H2,(H,26,28). The molecule has 0 radical (unpaired) electrons. The van der Waals surface area contributed by atoms with Crippen LogP contribution in [0.25, 0.3) is 11.3 Å². The Balaban J connectivity index is 1.45. The fourth-order valence-corrected chi connectivity index (χ4v) is 3.66. The first-order chi connectivity index (χ1) is 14.6. The number of hydrogen-bond donors (Lipinski definition) is 1. The maximum atomic E-state index is 13.4. The lowest BCUT2D eigenvalue weighted by molar-refractivity contribution is 0.0161. The van der Waals surface area contributed by atoms with Gasteiger partial charge in [0, 0.05) is 30.2 Å². The summed E-state index contributed by atoms with van der Waals surface area (Å²) in [5, 5.41) is 3.59. The van der Waals surface area contributed by atoms with Crippen LogP contribution in [0.3, 0.4) is 0 Å². The van der Waals surface area contributed by atoms with Crippen LogP contribution in [-0.4, -0.2) is 43.7 Å². The molecule has 1 aliphatic heterocycles. The zero-order valence-corrected chi connectivity index (χ0v) is 17.1. The number of nitrogens with one attached hydrogen (secondary N) is 1. The first-order valence-corrected chi connectivity index (χ1v) is 10.2. The summed E-state index contributed by atoms with van der Waals surface area (Å²) >= 11 is 5.92. The van der Waals surface area contributed by atoms with E-state index in [0.29, 0.717) is 30.5 Å². The van der Waals surface area contributed by atoms with Gasteiger partial charge in [-0.1, -0.05) is 23.7 Å². The molecular weight excluding hydrogens is 407 g/mol. The Hall–Kier alpha value is -2.67. The molecule has 7 heteroatoms. The number of ether oxygens (including phenoxy) is 1. The molecule has 156 valence electrons. The van der Waals surface area contributed by atoms with Gasteiger partial charge in [-0.05, 0) is 54.1 Å². The Labute approximate surface area is 179 Å². The van der Waals surface area contributed by atoms with E-state index in [2.05, 4.69) is 10.2 Å². The Kier molecular flexibility index (Phi) is 6.47. The van der Waals surface area contributed by atoms with Crippen LogP contribution in [0.2, 0.25) is 5.02 Å². The van der Waals surface area contributed by atoms with Gasteiger partial charge in [-0.25, -0.2) is 4.39 Å². The van der Waals surface area contributed by atoms with Gasteiger partial charge in [-0.2, -0.15) is 0 Å². The lowest BCUT2D eigenvalue weighted by Crippen LogP contribution is -2.43. The molecule has 1 amide bonds. The molecule has 1 aliphatic rings. The second-order valence-corrected chi connectivity index (χ2v) is 7.53. The number of rotatable bonds is 6. The van der Waals surface area contributed by atoms with Crippen LogP contribution < -0.4 is 5.32 Å². The van der Waals surface area contributed by atoms with E-state index in [1.54, 1.807) is 36.4 Å². The van der Waals surface area contributed by atoms with E-state index in [0.717, 1.165) is 24.2 Å². The van der Waals surface area contributed by atoms with E-state index < -0.39 is 0 Å². The summed E-state index contributed by atoms with van der Waals surface area (Å²) in [6.07, 6.45) is 0. The highest BCUT2D eigenvalue weighted by atomic mass is 35.5. The zero-order valence-electron chi connectivity index (χ0n) is 16.3. The number of benzene rings is 2. The molecule has 1 aromatic heterocycles. The number of carbonyl (C=O) groups is 1. The topological polar surface area (TPSA) is 54.7 Å². The summed E-state index contributed by atoms with van der Waals surface area (Å²) < 4.78 is 24.5. The molecule has 3 aromatic rings. The van der Waals surface area contributed by atoms with Crippen LogP contribution >= 0.6 is 11.6 Å². The van der Waals surface area contributed by atoms with Gasteiger partial charge in [0.2, 0.25) is 0 Å². The van der Waals surface area contributed by atoms with Crippen molar-refractivity contribution in [2.75, 3.05) is 32.8 Å². The molecular formula is C23H22ClFN2O3. The van der Waals surface area contributed by atoms with E-state index in [-0.39, 0.29) is 23.5 Å². The van der Waals surface area contributed by atoms with E-state index in [1.807, 2.05) is 12.1 Å². The predicted molar refractivity (Wildman–Crippen MR) is 113 cm³/mol. The maximum Gasteiger partial charge on any atom is 0.287 e. The third-order valence-corrected chi connectivity index (χ3v) is 5.41. The van der Waals surface area contributed by atoms with Crippen molar-refractivity contribution in [2.45, 2.75) is 6.04 Å². The minimum atomic E-state index is -0.296. The summed E-state index contributed by atoms with van der Waals surface area (Å²) in [6, 6.07) is 17.0. The van der Waals surface area contributed by atoms with Crippen molar-refractivity contribution in [1.29, 1.82) is 0 Å². The zero-order chi connectivity index (χ0) is 20.9. The van der Waals surface area contributed by atoms with Gasteiger partial charge in [0.15, 0.2) is 5.76 Å². The summed E-state index contributed by atoms with van der Waals surface area (Å²) in [5.74, 6) is 0.254. The number of morpholine rings is 1. The van der Waals surface area contributed by atoms with E-state index in [1.165, 1.54) is 12.1 Å².